The van der Waals surface area contributed by atoms with Crippen molar-refractivity contribution in [2.75, 3.05) is 44.4 Å². The van der Waals surface area contributed by atoms with Gasteiger partial charge in [-0.25, -0.2) is 0 Å². The summed E-state index contributed by atoms with van der Waals surface area (Å²) in [6.07, 6.45) is 3.25. The third-order valence-corrected chi connectivity index (χ3v) is 5.48. The molecule has 1 fully saturated rings. The van der Waals surface area contributed by atoms with Crippen molar-refractivity contribution in [1.82, 2.24) is 10.2 Å². The third-order valence-electron chi connectivity index (χ3n) is 5.48. The molecule has 0 radical (unpaired) electrons. The van der Waals surface area contributed by atoms with E-state index in [9.17, 15) is 14.4 Å². The summed E-state index contributed by atoms with van der Waals surface area (Å²) in [6.45, 7) is 1.39. The minimum absolute atomic E-state index is 0.0887. The summed E-state index contributed by atoms with van der Waals surface area (Å²) in [4.78, 5) is 37.8. The second kappa shape index (κ2) is 12.0. The van der Waals surface area contributed by atoms with Crippen LogP contribution in [0.3, 0.4) is 0 Å². The average Bonchev–Trinajstić information content (AvgIpc) is 3.34. The van der Waals surface area contributed by atoms with Crippen LogP contribution in [-0.4, -0.2) is 62.5 Å². The van der Waals surface area contributed by atoms with Gasteiger partial charge in [-0.15, -0.1) is 0 Å². The summed E-state index contributed by atoms with van der Waals surface area (Å²) < 4.78 is 5.51. The summed E-state index contributed by atoms with van der Waals surface area (Å²) in [5.74, 6) is -0.223. The molecule has 1 saturated heterocycles. The molecule has 3 N–H and O–H groups in total. The Labute approximate surface area is 194 Å². The maximum Gasteiger partial charge on any atom is 0.251 e. The Morgan fingerprint density at radius 1 is 1.00 bits per heavy atom. The molecular formula is C25H32N4O4. The van der Waals surface area contributed by atoms with E-state index in [0.29, 0.717) is 30.6 Å². The molecule has 0 spiro atoms. The number of aryl methyl sites for hydroxylation is 1. The van der Waals surface area contributed by atoms with Crippen LogP contribution in [0.4, 0.5) is 11.4 Å². The summed E-state index contributed by atoms with van der Waals surface area (Å²) in [5.41, 5.74) is 3.06. The van der Waals surface area contributed by atoms with Crippen LogP contribution >= 0.6 is 0 Å². The molecule has 1 heterocycles. The second-order valence-electron chi connectivity index (χ2n) is 8.31. The lowest BCUT2D eigenvalue weighted by Gasteiger charge is -2.12. The molecule has 3 amide bonds. The Hall–Kier alpha value is -3.39. The Morgan fingerprint density at radius 3 is 2.33 bits per heavy atom. The third kappa shape index (κ3) is 7.91. The first-order valence-electron chi connectivity index (χ1n) is 11.2. The Kier molecular flexibility index (Phi) is 8.83. The molecule has 0 bridgehead atoms. The number of nitrogens with one attached hydrogen (secondary N) is 3. The highest BCUT2D eigenvalue weighted by atomic mass is 16.5. The molecule has 1 atom stereocenters. The predicted molar refractivity (Wildman–Crippen MR) is 128 cm³/mol. The van der Waals surface area contributed by atoms with Crippen molar-refractivity contribution in [3.63, 3.8) is 0 Å². The van der Waals surface area contributed by atoms with E-state index < -0.39 is 0 Å². The highest BCUT2D eigenvalue weighted by Gasteiger charge is 2.16. The molecule has 0 saturated carbocycles. The lowest BCUT2D eigenvalue weighted by atomic mass is 10.1. The van der Waals surface area contributed by atoms with E-state index in [1.165, 1.54) is 0 Å². The highest BCUT2D eigenvalue weighted by molar-refractivity contribution is 5.95. The van der Waals surface area contributed by atoms with E-state index in [4.69, 9.17) is 4.74 Å². The highest BCUT2D eigenvalue weighted by Crippen LogP contribution is 2.14. The SMILES string of the molecule is CN(C)C(=O)CCc1ccc(NC(=O)CNc2ccc(C(=O)NCC3CCCO3)cc2)cc1. The van der Waals surface area contributed by atoms with E-state index in [0.717, 1.165) is 30.7 Å². The van der Waals surface area contributed by atoms with Crippen molar-refractivity contribution in [3.8, 4) is 0 Å². The molecule has 33 heavy (non-hydrogen) atoms. The molecule has 8 nitrogen and oxygen atoms in total. The van der Waals surface area contributed by atoms with Gasteiger partial charge in [0.25, 0.3) is 5.91 Å². The number of hydrogen-bond donors (Lipinski definition) is 3. The van der Waals surface area contributed by atoms with Crippen molar-refractivity contribution in [2.24, 2.45) is 0 Å². The molecule has 3 rings (SSSR count). The standard InChI is InChI=1S/C25H32N4O4/c1-29(2)24(31)14-7-18-5-10-21(11-6-18)28-23(30)17-26-20-12-8-19(9-13-20)25(32)27-16-22-4-3-15-33-22/h5-6,8-13,22,26H,3-4,7,14-17H2,1-2H3,(H,27,32)(H,28,30). The zero-order chi connectivity index (χ0) is 23.6. The van der Waals surface area contributed by atoms with Crippen LogP contribution in [0.5, 0.6) is 0 Å². The van der Waals surface area contributed by atoms with Gasteiger partial charge >= 0.3 is 0 Å². The second-order valence-corrected chi connectivity index (χ2v) is 8.31. The Morgan fingerprint density at radius 2 is 1.70 bits per heavy atom. The lowest BCUT2D eigenvalue weighted by Crippen LogP contribution is -2.31. The van der Waals surface area contributed by atoms with Gasteiger partial charge in [-0.05, 0) is 61.2 Å². The number of anilines is 2. The van der Waals surface area contributed by atoms with Crippen LogP contribution in [0.15, 0.2) is 48.5 Å². The average molecular weight is 453 g/mol. The first kappa shape index (κ1) is 24.3. The van der Waals surface area contributed by atoms with Gasteiger partial charge in [-0.2, -0.15) is 0 Å². The van der Waals surface area contributed by atoms with E-state index >= 15 is 0 Å². The number of benzene rings is 2. The first-order valence-corrected chi connectivity index (χ1v) is 11.2. The number of hydrogen-bond acceptors (Lipinski definition) is 5. The number of amides is 3. The molecule has 176 valence electrons. The molecular weight excluding hydrogens is 420 g/mol. The van der Waals surface area contributed by atoms with E-state index in [1.54, 1.807) is 43.3 Å². The quantitative estimate of drug-likeness (QED) is 0.515. The summed E-state index contributed by atoms with van der Waals surface area (Å²) >= 11 is 0. The number of ether oxygens (including phenoxy) is 1. The molecule has 2 aromatic carbocycles. The minimum Gasteiger partial charge on any atom is -0.376 e. The van der Waals surface area contributed by atoms with Gasteiger partial charge in [0.2, 0.25) is 11.8 Å². The number of carbonyl (C=O) groups is 3. The molecule has 0 aromatic heterocycles. The number of nitrogens with zero attached hydrogens (tertiary/aromatic N) is 1. The normalized spacial score (nSPS) is 15.0. The summed E-state index contributed by atoms with van der Waals surface area (Å²) in [5, 5.41) is 8.79. The van der Waals surface area contributed by atoms with E-state index in [-0.39, 0.29) is 30.4 Å². The van der Waals surface area contributed by atoms with Gasteiger partial charge in [0.05, 0.1) is 12.6 Å². The van der Waals surface area contributed by atoms with Gasteiger partial charge in [0, 0.05) is 50.6 Å². The smallest absolute Gasteiger partial charge is 0.251 e. The predicted octanol–water partition coefficient (Wildman–Crippen LogP) is 2.67. The topological polar surface area (TPSA) is 99.8 Å². The fourth-order valence-corrected chi connectivity index (χ4v) is 3.47. The fourth-order valence-electron chi connectivity index (χ4n) is 3.47. The Balaban J connectivity index is 1.39. The molecule has 2 aromatic rings. The molecule has 8 heteroatoms. The van der Waals surface area contributed by atoms with Gasteiger partial charge < -0.3 is 25.6 Å². The van der Waals surface area contributed by atoms with Crippen LogP contribution in [-0.2, 0) is 20.7 Å². The minimum atomic E-state index is -0.177. The van der Waals surface area contributed by atoms with E-state index in [1.807, 2.05) is 24.3 Å². The van der Waals surface area contributed by atoms with Crippen molar-refractivity contribution in [2.45, 2.75) is 31.8 Å². The van der Waals surface area contributed by atoms with Crippen LogP contribution in [0.1, 0.15) is 35.2 Å². The van der Waals surface area contributed by atoms with Gasteiger partial charge in [-0.3, -0.25) is 14.4 Å². The molecule has 1 aliphatic rings. The van der Waals surface area contributed by atoms with Crippen molar-refractivity contribution in [3.05, 3.63) is 59.7 Å². The van der Waals surface area contributed by atoms with E-state index in [2.05, 4.69) is 16.0 Å². The molecule has 1 aliphatic heterocycles. The summed E-state index contributed by atoms with van der Waals surface area (Å²) in [7, 11) is 3.49. The zero-order valence-corrected chi connectivity index (χ0v) is 19.2. The van der Waals surface area contributed by atoms with Crippen LogP contribution in [0.25, 0.3) is 0 Å². The van der Waals surface area contributed by atoms with Gasteiger partial charge in [-0.1, -0.05) is 12.1 Å². The maximum absolute atomic E-state index is 12.2. The number of carbonyl (C=O) groups excluding carboxylic acids is 3. The molecule has 1 unspecified atom stereocenters. The van der Waals surface area contributed by atoms with Crippen LogP contribution in [0, 0.1) is 0 Å². The molecule has 0 aliphatic carbocycles. The summed E-state index contributed by atoms with van der Waals surface area (Å²) in [6, 6.07) is 14.5. The van der Waals surface area contributed by atoms with Crippen LogP contribution < -0.4 is 16.0 Å². The van der Waals surface area contributed by atoms with Crippen molar-refractivity contribution < 1.29 is 19.1 Å². The van der Waals surface area contributed by atoms with Crippen LogP contribution in [0.2, 0.25) is 0 Å². The zero-order valence-electron chi connectivity index (χ0n) is 19.2. The fraction of sp³-hybridized carbons (Fsp3) is 0.400. The van der Waals surface area contributed by atoms with Gasteiger partial charge in [0.1, 0.15) is 0 Å². The maximum atomic E-state index is 12.2. The number of rotatable bonds is 10. The first-order chi connectivity index (χ1) is 15.9. The van der Waals surface area contributed by atoms with Gasteiger partial charge in [0.15, 0.2) is 0 Å². The largest absolute Gasteiger partial charge is 0.376 e. The van der Waals surface area contributed by atoms with Crippen molar-refractivity contribution >= 4 is 29.1 Å². The Bertz CT molecular complexity index is 936. The lowest BCUT2D eigenvalue weighted by molar-refractivity contribution is -0.128. The monoisotopic (exact) mass is 452 g/mol. The van der Waals surface area contributed by atoms with Crippen molar-refractivity contribution in [1.29, 1.82) is 0 Å².